The molecule has 1 aliphatic heterocycles. The molecule has 0 saturated carbocycles. The van der Waals surface area contributed by atoms with Crippen molar-refractivity contribution in [3.8, 4) is 0 Å². The van der Waals surface area contributed by atoms with Crippen LogP contribution in [0.2, 0.25) is 0 Å². The van der Waals surface area contributed by atoms with Gasteiger partial charge in [0.25, 0.3) is 0 Å². The SMILES string of the molecule is CN=C1c2ccccc2C(=O)c2c(N3CCOCC3)ccc(C)c21. The van der Waals surface area contributed by atoms with Gasteiger partial charge in [-0.25, -0.2) is 0 Å². The lowest BCUT2D eigenvalue weighted by molar-refractivity contribution is 0.103. The van der Waals surface area contributed by atoms with Crippen molar-refractivity contribution >= 4 is 17.2 Å². The summed E-state index contributed by atoms with van der Waals surface area (Å²) < 4.78 is 5.46. The Morgan fingerprint density at radius 3 is 2.42 bits per heavy atom. The third-order valence-electron chi connectivity index (χ3n) is 4.86. The number of ketones is 1. The highest BCUT2D eigenvalue weighted by Gasteiger charge is 2.32. The normalized spacial score (nSPS) is 18.5. The van der Waals surface area contributed by atoms with Crippen LogP contribution in [0.3, 0.4) is 0 Å². The van der Waals surface area contributed by atoms with E-state index in [0.717, 1.165) is 52.3 Å². The summed E-state index contributed by atoms with van der Waals surface area (Å²) in [5.74, 6) is 0.0955. The van der Waals surface area contributed by atoms with Crippen molar-refractivity contribution in [1.82, 2.24) is 0 Å². The highest BCUT2D eigenvalue weighted by molar-refractivity contribution is 6.32. The Bertz CT molecular complexity index is 849. The standard InChI is InChI=1S/C20H20N2O2/c1-13-7-8-16(22-9-11-24-12-10-22)18-17(13)19(21-2)14-5-3-4-6-15(14)20(18)23/h3-8H,9-12H2,1-2H3. The maximum atomic E-state index is 13.3. The molecule has 4 rings (SSSR count). The summed E-state index contributed by atoms with van der Waals surface area (Å²) in [6.45, 7) is 5.06. The first-order valence-electron chi connectivity index (χ1n) is 8.30. The van der Waals surface area contributed by atoms with Crippen LogP contribution in [0.25, 0.3) is 0 Å². The van der Waals surface area contributed by atoms with E-state index in [0.29, 0.717) is 13.2 Å². The maximum Gasteiger partial charge on any atom is 0.196 e. The van der Waals surface area contributed by atoms with Gasteiger partial charge >= 0.3 is 0 Å². The molecular formula is C20H20N2O2. The van der Waals surface area contributed by atoms with Gasteiger partial charge in [0.15, 0.2) is 5.78 Å². The molecule has 4 heteroatoms. The van der Waals surface area contributed by atoms with Crippen LogP contribution in [0.5, 0.6) is 0 Å². The molecule has 0 N–H and O–H groups in total. The summed E-state index contributed by atoms with van der Waals surface area (Å²) in [6.07, 6.45) is 0. The Hall–Kier alpha value is -2.46. The molecule has 1 saturated heterocycles. The third-order valence-corrected chi connectivity index (χ3v) is 4.86. The number of rotatable bonds is 1. The number of benzene rings is 2. The summed E-state index contributed by atoms with van der Waals surface area (Å²) in [7, 11) is 1.80. The minimum absolute atomic E-state index is 0.0955. The molecule has 0 spiro atoms. The first kappa shape index (κ1) is 15.1. The number of anilines is 1. The second kappa shape index (κ2) is 5.87. The van der Waals surface area contributed by atoms with E-state index in [2.05, 4.69) is 22.0 Å². The van der Waals surface area contributed by atoms with E-state index >= 15 is 0 Å². The van der Waals surface area contributed by atoms with Gasteiger partial charge in [0, 0.05) is 42.5 Å². The molecule has 1 fully saturated rings. The number of carbonyl (C=O) groups is 1. The minimum atomic E-state index is 0.0955. The zero-order valence-electron chi connectivity index (χ0n) is 14.0. The number of morpholine rings is 1. The number of carbonyl (C=O) groups excluding carboxylic acids is 1. The monoisotopic (exact) mass is 320 g/mol. The van der Waals surface area contributed by atoms with Crippen LogP contribution in [0.4, 0.5) is 5.69 Å². The van der Waals surface area contributed by atoms with Crippen LogP contribution >= 0.6 is 0 Å². The van der Waals surface area contributed by atoms with Crippen molar-refractivity contribution in [3.05, 3.63) is 64.2 Å². The van der Waals surface area contributed by atoms with Gasteiger partial charge in [0.05, 0.1) is 24.5 Å². The minimum Gasteiger partial charge on any atom is -0.378 e. The van der Waals surface area contributed by atoms with E-state index in [4.69, 9.17) is 4.74 Å². The Morgan fingerprint density at radius 1 is 1.00 bits per heavy atom. The van der Waals surface area contributed by atoms with Crippen molar-refractivity contribution in [2.45, 2.75) is 6.92 Å². The van der Waals surface area contributed by atoms with Gasteiger partial charge < -0.3 is 9.64 Å². The number of nitrogens with zero attached hydrogens (tertiary/aromatic N) is 2. The lowest BCUT2D eigenvalue weighted by atomic mass is 9.80. The highest BCUT2D eigenvalue weighted by atomic mass is 16.5. The Kier molecular flexibility index (Phi) is 3.69. The molecule has 1 aliphatic carbocycles. The number of ether oxygens (including phenoxy) is 1. The predicted octanol–water partition coefficient (Wildman–Crippen LogP) is 2.84. The molecule has 24 heavy (non-hydrogen) atoms. The molecule has 0 radical (unpaired) electrons. The molecule has 2 aromatic carbocycles. The molecule has 0 bridgehead atoms. The number of hydrogen-bond acceptors (Lipinski definition) is 4. The first-order valence-corrected chi connectivity index (χ1v) is 8.30. The second-order valence-corrected chi connectivity index (χ2v) is 6.20. The van der Waals surface area contributed by atoms with E-state index in [1.54, 1.807) is 7.05 Å². The summed E-state index contributed by atoms with van der Waals surface area (Å²) in [6, 6.07) is 11.9. The van der Waals surface area contributed by atoms with Gasteiger partial charge in [-0.05, 0) is 18.6 Å². The molecule has 0 unspecified atom stereocenters. The largest absolute Gasteiger partial charge is 0.378 e. The van der Waals surface area contributed by atoms with Crippen LogP contribution in [0, 0.1) is 6.92 Å². The molecule has 0 atom stereocenters. The summed E-state index contributed by atoms with van der Waals surface area (Å²) in [5, 5.41) is 0. The number of aliphatic imine (C=N–C) groups is 1. The second-order valence-electron chi connectivity index (χ2n) is 6.20. The van der Waals surface area contributed by atoms with E-state index in [1.165, 1.54) is 0 Å². The molecule has 122 valence electrons. The Balaban J connectivity index is 1.97. The van der Waals surface area contributed by atoms with Gasteiger partial charge in [0.2, 0.25) is 0 Å². The quantitative estimate of drug-likeness (QED) is 0.692. The average molecular weight is 320 g/mol. The zero-order valence-corrected chi connectivity index (χ0v) is 14.0. The summed E-state index contributed by atoms with van der Waals surface area (Å²) >= 11 is 0. The van der Waals surface area contributed by atoms with Gasteiger partial charge in [-0.15, -0.1) is 0 Å². The first-order chi connectivity index (χ1) is 11.7. The van der Waals surface area contributed by atoms with E-state index in [1.807, 2.05) is 31.2 Å². The van der Waals surface area contributed by atoms with Gasteiger partial charge in [-0.1, -0.05) is 30.3 Å². The fraction of sp³-hybridized carbons (Fsp3) is 0.300. The third kappa shape index (κ3) is 2.18. The Morgan fingerprint density at radius 2 is 1.71 bits per heavy atom. The summed E-state index contributed by atoms with van der Waals surface area (Å²) in [5.41, 5.74) is 6.43. The van der Waals surface area contributed by atoms with E-state index in [-0.39, 0.29) is 5.78 Å². The smallest absolute Gasteiger partial charge is 0.196 e. The van der Waals surface area contributed by atoms with Crippen LogP contribution in [-0.2, 0) is 4.74 Å². The van der Waals surface area contributed by atoms with Crippen molar-refractivity contribution in [1.29, 1.82) is 0 Å². The van der Waals surface area contributed by atoms with Crippen LogP contribution in [0.1, 0.15) is 32.6 Å². The van der Waals surface area contributed by atoms with Crippen LogP contribution in [0.15, 0.2) is 41.4 Å². The molecule has 0 amide bonds. The fourth-order valence-electron chi connectivity index (χ4n) is 3.69. The lowest BCUT2D eigenvalue weighted by Gasteiger charge is -2.33. The topological polar surface area (TPSA) is 41.9 Å². The van der Waals surface area contributed by atoms with Crippen molar-refractivity contribution < 1.29 is 9.53 Å². The molecule has 2 aliphatic rings. The van der Waals surface area contributed by atoms with Gasteiger partial charge in [-0.2, -0.15) is 0 Å². The van der Waals surface area contributed by atoms with E-state index < -0.39 is 0 Å². The van der Waals surface area contributed by atoms with Gasteiger partial charge in [-0.3, -0.25) is 9.79 Å². The van der Waals surface area contributed by atoms with Crippen molar-refractivity contribution in [2.24, 2.45) is 4.99 Å². The lowest BCUT2D eigenvalue weighted by Crippen LogP contribution is -2.38. The van der Waals surface area contributed by atoms with Crippen LogP contribution in [-0.4, -0.2) is 44.8 Å². The number of fused-ring (bicyclic) bond motifs is 2. The predicted molar refractivity (Wildman–Crippen MR) is 95.6 cm³/mol. The molecule has 2 aromatic rings. The fourth-order valence-corrected chi connectivity index (χ4v) is 3.69. The summed E-state index contributed by atoms with van der Waals surface area (Å²) in [4.78, 5) is 20.1. The highest BCUT2D eigenvalue weighted by Crippen LogP contribution is 2.36. The number of aryl methyl sites for hydroxylation is 1. The van der Waals surface area contributed by atoms with E-state index in [9.17, 15) is 4.79 Å². The van der Waals surface area contributed by atoms with Crippen LogP contribution < -0.4 is 4.90 Å². The molecular weight excluding hydrogens is 300 g/mol. The molecule has 1 heterocycles. The molecule has 4 nitrogen and oxygen atoms in total. The zero-order chi connectivity index (χ0) is 16.7. The maximum absolute atomic E-state index is 13.3. The molecule has 0 aromatic heterocycles. The number of hydrogen-bond donors (Lipinski definition) is 0. The Labute approximate surface area is 141 Å². The van der Waals surface area contributed by atoms with Gasteiger partial charge in [0.1, 0.15) is 0 Å². The van der Waals surface area contributed by atoms with Crippen molar-refractivity contribution in [2.75, 3.05) is 38.3 Å². The van der Waals surface area contributed by atoms with Crippen molar-refractivity contribution in [3.63, 3.8) is 0 Å². The average Bonchev–Trinajstić information content (AvgIpc) is 2.64.